The van der Waals surface area contributed by atoms with E-state index in [1.54, 1.807) is 30.3 Å². The van der Waals surface area contributed by atoms with Crippen LogP contribution >= 0.6 is 0 Å². The zero-order valence-corrected chi connectivity index (χ0v) is 11.6. The SMILES string of the molecule is O=C(CCn1c(=O)oc2ccccc21)Nc1cccc(F)c1. The summed E-state index contributed by atoms with van der Waals surface area (Å²) in [5.41, 5.74) is 1.51. The van der Waals surface area contributed by atoms with Gasteiger partial charge < -0.3 is 9.73 Å². The van der Waals surface area contributed by atoms with Gasteiger partial charge >= 0.3 is 5.76 Å². The highest BCUT2D eigenvalue weighted by atomic mass is 19.1. The highest BCUT2D eigenvalue weighted by Crippen LogP contribution is 2.13. The molecule has 0 atom stereocenters. The van der Waals surface area contributed by atoms with E-state index in [1.165, 1.54) is 22.8 Å². The van der Waals surface area contributed by atoms with Gasteiger partial charge in [0.15, 0.2) is 5.58 Å². The molecular formula is C16H13FN2O3. The van der Waals surface area contributed by atoms with E-state index in [1.807, 2.05) is 0 Å². The summed E-state index contributed by atoms with van der Waals surface area (Å²) >= 11 is 0. The molecule has 0 radical (unpaired) electrons. The normalized spacial score (nSPS) is 10.8. The Bertz CT molecular complexity index is 882. The van der Waals surface area contributed by atoms with E-state index in [0.717, 1.165) is 0 Å². The average molecular weight is 300 g/mol. The van der Waals surface area contributed by atoms with Crippen LogP contribution in [0.5, 0.6) is 0 Å². The van der Waals surface area contributed by atoms with Crippen molar-refractivity contribution in [3.63, 3.8) is 0 Å². The maximum absolute atomic E-state index is 13.0. The highest BCUT2D eigenvalue weighted by molar-refractivity contribution is 5.90. The Morgan fingerprint density at radius 2 is 2.00 bits per heavy atom. The second-order valence-corrected chi connectivity index (χ2v) is 4.80. The largest absolute Gasteiger partial charge is 0.419 e. The predicted octanol–water partition coefficient (Wildman–Crippen LogP) is 2.76. The first-order valence-electron chi connectivity index (χ1n) is 6.77. The number of para-hydroxylation sites is 2. The number of anilines is 1. The van der Waals surface area contributed by atoms with Crippen molar-refractivity contribution < 1.29 is 13.6 Å². The first-order chi connectivity index (χ1) is 10.6. The molecular weight excluding hydrogens is 287 g/mol. The van der Waals surface area contributed by atoms with Crippen LogP contribution in [0.1, 0.15) is 6.42 Å². The zero-order chi connectivity index (χ0) is 15.5. The molecule has 0 fully saturated rings. The number of carbonyl (C=O) groups excluding carboxylic acids is 1. The summed E-state index contributed by atoms with van der Waals surface area (Å²) in [6.45, 7) is 0.191. The van der Waals surface area contributed by atoms with E-state index in [2.05, 4.69) is 5.32 Å². The third kappa shape index (κ3) is 2.90. The average Bonchev–Trinajstić information content (AvgIpc) is 2.80. The maximum Gasteiger partial charge on any atom is 0.419 e. The molecule has 0 bridgehead atoms. The lowest BCUT2D eigenvalue weighted by atomic mass is 10.3. The molecule has 1 heterocycles. The molecule has 1 amide bonds. The number of fused-ring (bicyclic) bond motifs is 1. The van der Waals surface area contributed by atoms with Gasteiger partial charge in [-0.1, -0.05) is 18.2 Å². The molecule has 112 valence electrons. The van der Waals surface area contributed by atoms with Gasteiger partial charge in [-0.3, -0.25) is 9.36 Å². The molecule has 2 aromatic carbocycles. The Hall–Kier alpha value is -2.89. The van der Waals surface area contributed by atoms with Crippen LogP contribution in [-0.2, 0) is 11.3 Å². The van der Waals surface area contributed by atoms with E-state index in [-0.39, 0.29) is 18.9 Å². The molecule has 0 aliphatic carbocycles. The summed E-state index contributed by atoms with van der Waals surface area (Å²) in [6.07, 6.45) is 0.0833. The molecule has 0 spiro atoms. The van der Waals surface area contributed by atoms with Gasteiger partial charge in [0.2, 0.25) is 5.91 Å². The van der Waals surface area contributed by atoms with Gasteiger partial charge in [0.25, 0.3) is 0 Å². The van der Waals surface area contributed by atoms with Crippen LogP contribution in [0.25, 0.3) is 11.1 Å². The number of nitrogens with one attached hydrogen (secondary N) is 1. The molecule has 5 nitrogen and oxygen atoms in total. The van der Waals surface area contributed by atoms with Gasteiger partial charge in [-0.15, -0.1) is 0 Å². The van der Waals surface area contributed by atoms with E-state index < -0.39 is 11.6 Å². The van der Waals surface area contributed by atoms with Gasteiger partial charge in [-0.05, 0) is 30.3 Å². The summed E-state index contributed by atoms with van der Waals surface area (Å²) in [7, 11) is 0. The Balaban J connectivity index is 1.70. The summed E-state index contributed by atoms with van der Waals surface area (Å²) in [6, 6.07) is 12.7. The number of nitrogens with zero attached hydrogens (tertiary/aromatic N) is 1. The van der Waals surface area contributed by atoms with Crippen LogP contribution in [0, 0.1) is 5.82 Å². The van der Waals surface area contributed by atoms with Crippen molar-refractivity contribution in [1.29, 1.82) is 0 Å². The number of carbonyl (C=O) groups is 1. The molecule has 0 aliphatic rings. The van der Waals surface area contributed by atoms with Crippen LogP contribution < -0.4 is 11.1 Å². The fourth-order valence-electron chi connectivity index (χ4n) is 2.23. The number of rotatable bonds is 4. The van der Waals surface area contributed by atoms with Crippen molar-refractivity contribution in [3.05, 3.63) is 64.9 Å². The Morgan fingerprint density at radius 3 is 2.82 bits per heavy atom. The van der Waals surface area contributed by atoms with E-state index >= 15 is 0 Å². The minimum absolute atomic E-state index is 0.0833. The lowest BCUT2D eigenvalue weighted by Crippen LogP contribution is -2.19. The van der Waals surface area contributed by atoms with Gasteiger partial charge in [0, 0.05) is 18.7 Å². The number of oxazole rings is 1. The second-order valence-electron chi connectivity index (χ2n) is 4.80. The number of amides is 1. The lowest BCUT2D eigenvalue weighted by molar-refractivity contribution is -0.116. The minimum atomic E-state index is -0.500. The van der Waals surface area contributed by atoms with Crippen LogP contribution in [0.2, 0.25) is 0 Å². The van der Waals surface area contributed by atoms with Crippen molar-refractivity contribution in [3.8, 4) is 0 Å². The van der Waals surface area contributed by atoms with Crippen LogP contribution in [0.15, 0.2) is 57.7 Å². The third-order valence-corrected chi connectivity index (χ3v) is 3.24. The Morgan fingerprint density at radius 1 is 1.18 bits per heavy atom. The summed E-state index contributed by atoms with van der Waals surface area (Å²) in [4.78, 5) is 23.7. The van der Waals surface area contributed by atoms with E-state index in [0.29, 0.717) is 16.8 Å². The van der Waals surface area contributed by atoms with Gasteiger partial charge in [-0.25, -0.2) is 9.18 Å². The number of aromatic nitrogens is 1. The smallest absolute Gasteiger partial charge is 0.408 e. The van der Waals surface area contributed by atoms with Crippen LogP contribution in [-0.4, -0.2) is 10.5 Å². The van der Waals surface area contributed by atoms with Crippen LogP contribution in [0.4, 0.5) is 10.1 Å². The van der Waals surface area contributed by atoms with E-state index in [9.17, 15) is 14.0 Å². The number of benzene rings is 2. The summed E-state index contributed by atoms with van der Waals surface area (Å²) in [5.74, 6) is -1.22. The molecule has 1 N–H and O–H groups in total. The van der Waals surface area contributed by atoms with E-state index in [4.69, 9.17) is 4.42 Å². The van der Waals surface area contributed by atoms with Gasteiger partial charge in [0.05, 0.1) is 5.52 Å². The number of hydrogen-bond donors (Lipinski definition) is 1. The minimum Gasteiger partial charge on any atom is -0.408 e. The Labute approximate surface area is 125 Å². The summed E-state index contributed by atoms with van der Waals surface area (Å²) in [5, 5.41) is 2.59. The number of aryl methyl sites for hydroxylation is 1. The highest BCUT2D eigenvalue weighted by Gasteiger charge is 2.10. The quantitative estimate of drug-likeness (QED) is 0.805. The van der Waals surface area contributed by atoms with Crippen molar-refractivity contribution in [2.75, 3.05) is 5.32 Å². The predicted molar refractivity (Wildman–Crippen MR) is 80.1 cm³/mol. The Kier molecular flexibility index (Phi) is 3.74. The van der Waals surface area contributed by atoms with Crippen molar-refractivity contribution >= 4 is 22.7 Å². The van der Waals surface area contributed by atoms with Gasteiger partial charge in [-0.2, -0.15) is 0 Å². The first-order valence-corrected chi connectivity index (χ1v) is 6.77. The molecule has 22 heavy (non-hydrogen) atoms. The van der Waals surface area contributed by atoms with Crippen molar-refractivity contribution in [2.45, 2.75) is 13.0 Å². The monoisotopic (exact) mass is 300 g/mol. The second kappa shape index (κ2) is 5.85. The fourth-order valence-corrected chi connectivity index (χ4v) is 2.23. The molecule has 1 aromatic heterocycles. The molecule has 0 saturated heterocycles. The fraction of sp³-hybridized carbons (Fsp3) is 0.125. The van der Waals surface area contributed by atoms with Gasteiger partial charge in [0.1, 0.15) is 5.82 Å². The molecule has 6 heteroatoms. The van der Waals surface area contributed by atoms with Crippen LogP contribution in [0.3, 0.4) is 0 Å². The zero-order valence-electron chi connectivity index (χ0n) is 11.6. The number of hydrogen-bond acceptors (Lipinski definition) is 3. The standard InChI is InChI=1S/C16H13FN2O3/c17-11-4-3-5-12(10-11)18-15(20)8-9-19-13-6-1-2-7-14(13)22-16(19)21/h1-7,10H,8-9H2,(H,18,20). The molecule has 0 unspecified atom stereocenters. The maximum atomic E-state index is 13.0. The summed E-state index contributed by atoms with van der Waals surface area (Å²) < 4.78 is 19.5. The lowest BCUT2D eigenvalue weighted by Gasteiger charge is -2.05. The first kappa shape index (κ1) is 14.1. The molecule has 0 aliphatic heterocycles. The number of halogens is 1. The molecule has 0 saturated carbocycles. The topological polar surface area (TPSA) is 64.2 Å². The van der Waals surface area contributed by atoms with Crippen molar-refractivity contribution in [2.24, 2.45) is 0 Å². The molecule has 3 rings (SSSR count). The molecule has 3 aromatic rings. The van der Waals surface area contributed by atoms with Crippen molar-refractivity contribution in [1.82, 2.24) is 4.57 Å². The third-order valence-electron chi connectivity index (χ3n) is 3.24.